The molecule has 3 aromatic heterocycles. The van der Waals surface area contributed by atoms with Gasteiger partial charge in [0.15, 0.2) is 11.0 Å². The lowest BCUT2D eigenvalue weighted by molar-refractivity contribution is -0.113. The minimum absolute atomic E-state index is 0.128. The third kappa shape index (κ3) is 4.88. The van der Waals surface area contributed by atoms with Crippen molar-refractivity contribution in [3.63, 3.8) is 0 Å². The molecule has 0 radical (unpaired) electrons. The Morgan fingerprint density at radius 1 is 1.42 bits per heavy atom. The maximum Gasteiger partial charge on any atom is 0.235 e. The molecular weight excluding hydrogens is 470 g/mol. The number of aryl methyl sites for hydroxylation is 1. The summed E-state index contributed by atoms with van der Waals surface area (Å²) >= 11 is 4.61. The van der Waals surface area contributed by atoms with Crippen molar-refractivity contribution in [3.05, 3.63) is 32.3 Å². The molecule has 0 fully saturated rings. The summed E-state index contributed by atoms with van der Waals surface area (Å²) in [7, 11) is 1.91. The van der Waals surface area contributed by atoms with Crippen LogP contribution in [0, 0.1) is 29.6 Å². The molecule has 0 spiro atoms. The van der Waals surface area contributed by atoms with E-state index in [2.05, 4.69) is 60.7 Å². The molecular formula is C24H29N5OS3. The van der Waals surface area contributed by atoms with Gasteiger partial charge in [-0.1, -0.05) is 39.0 Å². The van der Waals surface area contributed by atoms with Gasteiger partial charge < -0.3 is 9.88 Å². The summed E-state index contributed by atoms with van der Waals surface area (Å²) in [5, 5.41) is 24.8. The molecule has 6 nitrogen and oxygen atoms in total. The molecule has 1 atom stereocenters. The molecule has 0 aliphatic heterocycles. The molecule has 1 N–H and O–H groups in total. The minimum Gasteiger partial charge on any atom is -0.316 e. The fraction of sp³-hybridized carbons (Fsp3) is 0.500. The van der Waals surface area contributed by atoms with Crippen molar-refractivity contribution in [2.75, 3.05) is 11.1 Å². The number of carbonyl (C=O) groups is 1. The van der Waals surface area contributed by atoms with Crippen molar-refractivity contribution in [3.8, 4) is 17.5 Å². The standard InChI is InChI=1S/C24H29N5OS3/c1-6-24(3,4)16-7-8-17-18(11-25)22(33-19(17)10-16)26-20(30)13-32-23-28-27-21(29(23)5)15-9-14(2)31-12-15/h9,12,16H,6-8,10,13H2,1-5H3,(H,26,30). The summed E-state index contributed by atoms with van der Waals surface area (Å²) in [6.45, 7) is 8.97. The summed E-state index contributed by atoms with van der Waals surface area (Å²) < 4.78 is 1.92. The van der Waals surface area contributed by atoms with Gasteiger partial charge in [-0.2, -0.15) is 5.26 Å². The van der Waals surface area contributed by atoms with Crippen LogP contribution in [0.1, 0.15) is 54.5 Å². The molecule has 33 heavy (non-hydrogen) atoms. The molecule has 9 heteroatoms. The number of nitriles is 1. The number of thiophene rings is 2. The maximum absolute atomic E-state index is 12.7. The number of rotatable bonds is 7. The van der Waals surface area contributed by atoms with Crippen molar-refractivity contribution in [2.45, 2.75) is 58.5 Å². The number of amides is 1. The van der Waals surface area contributed by atoms with E-state index in [-0.39, 0.29) is 17.1 Å². The Morgan fingerprint density at radius 2 is 2.21 bits per heavy atom. The van der Waals surface area contributed by atoms with Crippen LogP contribution in [-0.2, 0) is 24.7 Å². The Hall–Kier alpha value is -2.15. The maximum atomic E-state index is 12.7. The van der Waals surface area contributed by atoms with Gasteiger partial charge in [0.05, 0.1) is 11.3 Å². The van der Waals surface area contributed by atoms with Gasteiger partial charge in [-0.15, -0.1) is 32.9 Å². The number of nitrogens with zero attached hydrogens (tertiary/aromatic N) is 4. The summed E-state index contributed by atoms with van der Waals surface area (Å²) in [6.07, 6.45) is 4.14. The number of hydrogen-bond acceptors (Lipinski definition) is 7. The Morgan fingerprint density at radius 3 is 2.88 bits per heavy atom. The van der Waals surface area contributed by atoms with E-state index in [1.165, 1.54) is 21.5 Å². The van der Waals surface area contributed by atoms with Crippen LogP contribution in [0.3, 0.4) is 0 Å². The van der Waals surface area contributed by atoms with Crippen LogP contribution >= 0.6 is 34.4 Å². The van der Waals surface area contributed by atoms with E-state index < -0.39 is 0 Å². The molecule has 0 bridgehead atoms. The van der Waals surface area contributed by atoms with E-state index in [0.717, 1.165) is 42.6 Å². The van der Waals surface area contributed by atoms with E-state index in [9.17, 15) is 10.1 Å². The predicted molar refractivity (Wildman–Crippen MR) is 137 cm³/mol. The lowest BCUT2D eigenvalue weighted by atomic mass is 9.69. The molecule has 0 aromatic carbocycles. The van der Waals surface area contributed by atoms with Crippen molar-refractivity contribution in [1.82, 2.24) is 14.8 Å². The van der Waals surface area contributed by atoms with Crippen molar-refractivity contribution in [1.29, 1.82) is 5.26 Å². The molecule has 1 aliphatic carbocycles. The van der Waals surface area contributed by atoms with Crippen LogP contribution in [0.2, 0.25) is 0 Å². The molecule has 0 saturated carbocycles. The number of carbonyl (C=O) groups excluding carboxylic acids is 1. The SMILES string of the molecule is CCC(C)(C)C1CCc2c(sc(NC(=O)CSc3nnc(-c4csc(C)c4)n3C)c2C#N)C1. The Labute approximate surface area is 207 Å². The fourth-order valence-electron chi connectivity index (χ4n) is 4.29. The van der Waals surface area contributed by atoms with Crippen LogP contribution < -0.4 is 5.32 Å². The minimum atomic E-state index is -0.128. The Kier molecular flexibility index (Phi) is 6.99. The van der Waals surface area contributed by atoms with E-state index in [4.69, 9.17) is 0 Å². The van der Waals surface area contributed by atoms with E-state index in [1.807, 2.05) is 11.6 Å². The highest BCUT2D eigenvalue weighted by molar-refractivity contribution is 7.99. The van der Waals surface area contributed by atoms with Crippen LogP contribution in [0.4, 0.5) is 5.00 Å². The second-order valence-electron chi connectivity index (χ2n) is 9.25. The molecule has 1 aliphatic rings. The molecule has 3 heterocycles. The molecule has 4 rings (SSSR count). The zero-order chi connectivity index (χ0) is 23.8. The van der Waals surface area contributed by atoms with E-state index >= 15 is 0 Å². The van der Waals surface area contributed by atoms with E-state index in [0.29, 0.717) is 21.6 Å². The normalized spacial score (nSPS) is 15.8. The topological polar surface area (TPSA) is 83.6 Å². The third-order valence-corrected chi connectivity index (χ3v) is 9.85. The molecule has 1 unspecified atom stereocenters. The van der Waals surface area contributed by atoms with Crippen LogP contribution in [-0.4, -0.2) is 26.4 Å². The lowest BCUT2D eigenvalue weighted by Crippen LogP contribution is -2.28. The number of thioether (sulfide) groups is 1. The summed E-state index contributed by atoms with van der Waals surface area (Å²) in [4.78, 5) is 15.2. The van der Waals surface area contributed by atoms with Gasteiger partial charge in [-0.3, -0.25) is 4.79 Å². The first-order valence-electron chi connectivity index (χ1n) is 11.2. The first kappa shape index (κ1) is 24.0. The largest absolute Gasteiger partial charge is 0.316 e. The quantitative estimate of drug-likeness (QED) is 0.400. The van der Waals surface area contributed by atoms with Gasteiger partial charge in [0.25, 0.3) is 0 Å². The number of fused-ring (bicyclic) bond motifs is 1. The highest BCUT2D eigenvalue weighted by Crippen LogP contribution is 2.45. The van der Waals surface area contributed by atoms with Gasteiger partial charge in [0.2, 0.25) is 5.91 Å². The van der Waals surface area contributed by atoms with Crippen molar-refractivity contribution in [2.24, 2.45) is 18.4 Å². The number of nitrogens with one attached hydrogen (secondary N) is 1. The van der Waals surface area contributed by atoms with Crippen LogP contribution in [0.15, 0.2) is 16.6 Å². The van der Waals surface area contributed by atoms with Gasteiger partial charge >= 0.3 is 0 Å². The van der Waals surface area contributed by atoms with Gasteiger partial charge in [0.1, 0.15) is 11.1 Å². The highest BCUT2D eigenvalue weighted by atomic mass is 32.2. The lowest BCUT2D eigenvalue weighted by Gasteiger charge is -2.36. The average Bonchev–Trinajstić information content (AvgIpc) is 3.47. The first-order valence-corrected chi connectivity index (χ1v) is 13.8. The van der Waals surface area contributed by atoms with Gasteiger partial charge in [-0.25, -0.2) is 0 Å². The summed E-state index contributed by atoms with van der Waals surface area (Å²) in [6, 6.07) is 4.43. The zero-order valence-electron chi connectivity index (χ0n) is 19.7. The predicted octanol–water partition coefficient (Wildman–Crippen LogP) is 6.06. The van der Waals surface area contributed by atoms with Crippen molar-refractivity contribution >= 4 is 45.3 Å². The van der Waals surface area contributed by atoms with Crippen LogP contribution in [0.25, 0.3) is 11.4 Å². The zero-order valence-corrected chi connectivity index (χ0v) is 22.1. The average molecular weight is 500 g/mol. The second-order valence-corrected chi connectivity index (χ2v) is 12.4. The second kappa shape index (κ2) is 9.61. The highest BCUT2D eigenvalue weighted by Gasteiger charge is 2.34. The monoisotopic (exact) mass is 499 g/mol. The first-order chi connectivity index (χ1) is 15.7. The summed E-state index contributed by atoms with van der Waals surface area (Å²) in [5.41, 5.74) is 3.11. The number of anilines is 1. The van der Waals surface area contributed by atoms with E-state index in [1.54, 1.807) is 22.7 Å². The smallest absolute Gasteiger partial charge is 0.235 e. The van der Waals surface area contributed by atoms with Gasteiger partial charge in [0, 0.05) is 27.7 Å². The van der Waals surface area contributed by atoms with Crippen molar-refractivity contribution < 1.29 is 4.79 Å². The molecule has 174 valence electrons. The Bertz CT molecular complexity index is 1210. The Balaban J connectivity index is 1.43. The third-order valence-electron chi connectivity index (χ3n) is 6.80. The van der Waals surface area contributed by atoms with Gasteiger partial charge in [-0.05, 0) is 49.1 Å². The molecule has 3 aromatic rings. The van der Waals surface area contributed by atoms with Crippen LogP contribution in [0.5, 0.6) is 0 Å². The fourth-order valence-corrected chi connectivity index (χ4v) is 6.98. The molecule has 0 saturated heterocycles. The molecule has 1 amide bonds. The number of aromatic nitrogens is 3. The number of hydrogen-bond donors (Lipinski definition) is 1. The summed E-state index contributed by atoms with van der Waals surface area (Å²) in [5.74, 6) is 1.49.